The molecule has 11 heteroatoms. The molecule has 0 radical (unpaired) electrons. The number of carbonyl (C=O) groups is 2. The minimum absolute atomic E-state index is 0.00384. The first-order valence-electron chi connectivity index (χ1n) is 11.4. The third-order valence-corrected chi connectivity index (χ3v) is 4.93. The molecular weight excluding hydrogens is 474 g/mol. The Kier molecular flexibility index (Phi) is 8.01. The smallest absolute Gasteiger partial charge is 0.343 e. The molecule has 3 aromatic heterocycles. The van der Waals surface area contributed by atoms with Crippen LogP contribution in [0.5, 0.6) is 0 Å². The first kappa shape index (κ1) is 26.7. The lowest BCUT2D eigenvalue weighted by atomic mass is 10.1. The number of halogens is 2. The van der Waals surface area contributed by atoms with E-state index < -0.39 is 28.6 Å². The molecule has 36 heavy (non-hydrogen) atoms. The Hall–Kier alpha value is -3.89. The lowest BCUT2D eigenvalue weighted by Gasteiger charge is -2.21. The van der Waals surface area contributed by atoms with Crippen LogP contribution in [0.25, 0.3) is 16.9 Å². The molecule has 0 aliphatic rings. The fourth-order valence-electron chi connectivity index (χ4n) is 3.42. The lowest BCUT2D eigenvalue weighted by molar-refractivity contribution is -0.155. The number of nitrogens with one attached hydrogen (secondary N) is 1. The second-order valence-electron chi connectivity index (χ2n) is 9.27. The molecule has 0 saturated carbocycles. The summed E-state index contributed by atoms with van der Waals surface area (Å²) in [7, 11) is 0. The van der Waals surface area contributed by atoms with Crippen molar-refractivity contribution in [1.82, 2.24) is 14.5 Å². The Morgan fingerprint density at radius 2 is 1.94 bits per heavy atom. The fraction of sp³-hybridized carbons (Fsp3) is 0.400. The van der Waals surface area contributed by atoms with Crippen molar-refractivity contribution in [3.8, 4) is 5.82 Å². The molecule has 0 amide bonds. The molecule has 1 atom stereocenters. The van der Waals surface area contributed by atoms with E-state index >= 15 is 0 Å². The van der Waals surface area contributed by atoms with Gasteiger partial charge in [0, 0.05) is 25.2 Å². The van der Waals surface area contributed by atoms with Gasteiger partial charge in [-0.1, -0.05) is 6.92 Å². The molecule has 0 unspecified atom stereocenters. The van der Waals surface area contributed by atoms with Gasteiger partial charge in [0.2, 0.25) is 5.43 Å². The average Bonchev–Trinajstić information content (AvgIpc) is 2.77. The molecule has 3 rings (SSSR count). The second kappa shape index (κ2) is 10.8. The van der Waals surface area contributed by atoms with E-state index in [9.17, 15) is 23.2 Å². The summed E-state index contributed by atoms with van der Waals surface area (Å²) in [4.78, 5) is 45.6. The first-order valence-corrected chi connectivity index (χ1v) is 11.4. The molecule has 0 spiro atoms. The van der Waals surface area contributed by atoms with Crippen LogP contribution in [0.1, 0.15) is 51.4 Å². The Labute approximate surface area is 206 Å². The van der Waals surface area contributed by atoms with Crippen molar-refractivity contribution in [3.05, 3.63) is 58.0 Å². The number of ether oxygens (including phenoxy) is 2. The van der Waals surface area contributed by atoms with Crippen LogP contribution in [-0.4, -0.2) is 45.2 Å². The van der Waals surface area contributed by atoms with Crippen LogP contribution in [-0.2, 0) is 14.3 Å². The summed E-state index contributed by atoms with van der Waals surface area (Å²) >= 11 is 0. The highest BCUT2D eigenvalue weighted by Crippen LogP contribution is 2.21. The molecule has 0 bridgehead atoms. The Balaban J connectivity index is 1.99. The Bertz CT molecular complexity index is 1350. The number of hydrogen-bond acceptors (Lipinski definition) is 8. The van der Waals surface area contributed by atoms with Crippen LogP contribution >= 0.6 is 0 Å². The SMILES string of the molecule is CCOC(=O)c1cn(-c2ncc(F)cc2F)c2nc(NC[C@@H](C)CC(=O)OC(C)(C)C)ccc2c1=O. The van der Waals surface area contributed by atoms with E-state index in [0.29, 0.717) is 18.4 Å². The number of nitrogens with zero attached hydrogens (tertiary/aromatic N) is 3. The van der Waals surface area contributed by atoms with Crippen molar-refractivity contribution in [3.63, 3.8) is 0 Å². The van der Waals surface area contributed by atoms with Crippen molar-refractivity contribution in [2.45, 2.75) is 46.6 Å². The zero-order valence-electron chi connectivity index (χ0n) is 20.7. The van der Waals surface area contributed by atoms with Gasteiger partial charge in [-0.15, -0.1) is 0 Å². The number of anilines is 1. The van der Waals surface area contributed by atoms with Crippen LogP contribution in [0.3, 0.4) is 0 Å². The van der Waals surface area contributed by atoms with E-state index in [4.69, 9.17) is 9.47 Å². The molecule has 0 aliphatic carbocycles. The van der Waals surface area contributed by atoms with Gasteiger partial charge in [0.1, 0.15) is 22.8 Å². The van der Waals surface area contributed by atoms with Gasteiger partial charge in [0.05, 0.1) is 18.2 Å². The van der Waals surface area contributed by atoms with Gasteiger partial charge < -0.3 is 14.8 Å². The molecule has 0 aliphatic heterocycles. The summed E-state index contributed by atoms with van der Waals surface area (Å²) in [6.45, 7) is 9.20. The zero-order valence-corrected chi connectivity index (χ0v) is 20.7. The predicted molar refractivity (Wildman–Crippen MR) is 129 cm³/mol. The maximum absolute atomic E-state index is 14.6. The monoisotopic (exact) mass is 502 g/mol. The quantitative estimate of drug-likeness (QED) is 0.460. The van der Waals surface area contributed by atoms with Crippen LogP contribution in [0.15, 0.2) is 35.4 Å². The highest BCUT2D eigenvalue weighted by atomic mass is 19.1. The van der Waals surface area contributed by atoms with Crippen LogP contribution in [0, 0.1) is 17.6 Å². The van der Waals surface area contributed by atoms with E-state index in [1.807, 2.05) is 6.92 Å². The predicted octanol–water partition coefficient (Wildman–Crippen LogP) is 4.02. The van der Waals surface area contributed by atoms with E-state index in [2.05, 4.69) is 15.3 Å². The van der Waals surface area contributed by atoms with Crippen molar-refractivity contribution < 1.29 is 27.8 Å². The third-order valence-electron chi connectivity index (χ3n) is 4.93. The first-order chi connectivity index (χ1) is 16.9. The largest absolute Gasteiger partial charge is 0.462 e. The second-order valence-corrected chi connectivity index (χ2v) is 9.27. The number of hydrogen-bond donors (Lipinski definition) is 1. The number of fused-ring (bicyclic) bond motifs is 1. The summed E-state index contributed by atoms with van der Waals surface area (Å²) in [6, 6.07) is 3.60. The molecule has 0 saturated heterocycles. The molecule has 0 aromatic carbocycles. The molecule has 1 N–H and O–H groups in total. The molecule has 192 valence electrons. The Morgan fingerprint density at radius 1 is 1.22 bits per heavy atom. The van der Waals surface area contributed by atoms with E-state index in [-0.39, 0.29) is 47.3 Å². The normalized spacial score (nSPS) is 12.3. The van der Waals surface area contributed by atoms with Gasteiger partial charge in [0.15, 0.2) is 17.3 Å². The van der Waals surface area contributed by atoms with Gasteiger partial charge in [-0.2, -0.15) is 0 Å². The number of pyridine rings is 3. The van der Waals surface area contributed by atoms with E-state index in [1.54, 1.807) is 27.7 Å². The van der Waals surface area contributed by atoms with Crippen LogP contribution in [0.4, 0.5) is 14.6 Å². The van der Waals surface area contributed by atoms with Crippen molar-refractivity contribution in [2.75, 3.05) is 18.5 Å². The number of carbonyl (C=O) groups excluding carboxylic acids is 2. The highest BCUT2D eigenvalue weighted by molar-refractivity contribution is 5.93. The van der Waals surface area contributed by atoms with Crippen LogP contribution < -0.4 is 10.7 Å². The summed E-state index contributed by atoms with van der Waals surface area (Å²) in [5.74, 6) is -3.25. The number of esters is 2. The molecule has 3 aromatic rings. The number of aromatic nitrogens is 3. The van der Waals surface area contributed by atoms with Crippen molar-refractivity contribution >= 4 is 28.8 Å². The lowest BCUT2D eigenvalue weighted by Crippen LogP contribution is -2.26. The summed E-state index contributed by atoms with van der Waals surface area (Å²) in [5, 5.41) is 3.10. The van der Waals surface area contributed by atoms with Crippen molar-refractivity contribution in [1.29, 1.82) is 0 Å². The molecule has 9 nitrogen and oxygen atoms in total. The maximum Gasteiger partial charge on any atom is 0.343 e. The van der Waals surface area contributed by atoms with Gasteiger partial charge in [-0.3, -0.25) is 14.2 Å². The van der Waals surface area contributed by atoms with Gasteiger partial charge in [-0.25, -0.2) is 23.5 Å². The van der Waals surface area contributed by atoms with Gasteiger partial charge in [-0.05, 0) is 45.7 Å². The fourth-order valence-corrected chi connectivity index (χ4v) is 3.42. The zero-order chi connectivity index (χ0) is 26.6. The minimum Gasteiger partial charge on any atom is -0.462 e. The Morgan fingerprint density at radius 3 is 2.58 bits per heavy atom. The third kappa shape index (κ3) is 6.41. The van der Waals surface area contributed by atoms with Crippen LogP contribution in [0.2, 0.25) is 0 Å². The summed E-state index contributed by atoms with van der Waals surface area (Å²) < 4.78 is 39.5. The molecule has 3 heterocycles. The minimum atomic E-state index is -1.01. The highest BCUT2D eigenvalue weighted by Gasteiger charge is 2.21. The van der Waals surface area contributed by atoms with Crippen molar-refractivity contribution in [2.24, 2.45) is 5.92 Å². The summed E-state index contributed by atoms with van der Waals surface area (Å²) in [5.41, 5.74) is -1.58. The number of rotatable bonds is 8. The maximum atomic E-state index is 14.6. The summed E-state index contributed by atoms with van der Waals surface area (Å²) in [6.07, 6.45) is 2.07. The standard InChI is InChI=1S/C25H28F2N4O5/c1-6-35-24(34)17-13-31(23-18(27)10-15(26)12-29-23)22-16(21(17)33)7-8-19(30-22)28-11-14(2)9-20(32)36-25(3,4)5/h7-8,10,12-14H,6,9,11H2,1-5H3,(H,28,30)/t14-/m0/s1. The van der Waals surface area contributed by atoms with Gasteiger partial charge in [0.25, 0.3) is 0 Å². The van der Waals surface area contributed by atoms with E-state index in [1.165, 1.54) is 12.1 Å². The molecule has 0 fully saturated rings. The van der Waals surface area contributed by atoms with E-state index in [0.717, 1.165) is 17.0 Å². The van der Waals surface area contributed by atoms with Gasteiger partial charge >= 0.3 is 11.9 Å². The average molecular weight is 503 g/mol. The molecular formula is C25H28F2N4O5. The topological polar surface area (TPSA) is 112 Å².